The van der Waals surface area contributed by atoms with Gasteiger partial charge in [0.1, 0.15) is 15.9 Å². The van der Waals surface area contributed by atoms with Gasteiger partial charge in [-0.2, -0.15) is 0 Å². The highest BCUT2D eigenvalue weighted by atomic mass is 32.2. The van der Waals surface area contributed by atoms with Gasteiger partial charge in [-0.3, -0.25) is 28.9 Å². The van der Waals surface area contributed by atoms with Gasteiger partial charge in [-0.05, 0) is 36.8 Å². The molecule has 264 valence electrons. The average Bonchev–Trinajstić information content (AvgIpc) is 3.24. The number of imide groups is 1. The smallest absolute Gasteiger partial charge is 0.335 e. The van der Waals surface area contributed by atoms with Gasteiger partial charge in [0.25, 0.3) is 11.8 Å². The van der Waals surface area contributed by atoms with Crippen molar-refractivity contribution in [1.82, 2.24) is 4.90 Å². The molecule has 3 N–H and O–H groups in total. The Labute approximate surface area is 279 Å². The van der Waals surface area contributed by atoms with Crippen molar-refractivity contribution in [2.75, 3.05) is 23.9 Å². The Morgan fingerprint density at radius 3 is 2.20 bits per heavy atom. The zero-order chi connectivity index (χ0) is 36.4. The molecular weight excluding hydrogens is 672 g/mol. The van der Waals surface area contributed by atoms with E-state index >= 15 is 0 Å². The van der Waals surface area contributed by atoms with Gasteiger partial charge in [0, 0.05) is 27.0 Å². The molecule has 0 radical (unpaired) electrons. The second-order valence-corrected chi connectivity index (χ2v) is 13.3. The highest BCUT2D eigenvalue weighted by Gasteiger charge is 2.53. The van der Waals surface area contributed by atoms with Crippen molar-refractivity contribution in [3.63, 3.8) is 0 Å². The summed E-state index contributed by atoms with van der Waals surface area (Å²) < 4.78 is 52.7. The number of aliphatic hydroxyl groups excluding tert-OH is 1. The topological polar surface area (TPSA) is 238 Å². The maximum atomic E-state index is 13.7. The summed E-state index contributed by atoms with van der Waals surface area (Å²) >= 11 is 0. The minimum absolute atomic E-state index is 0.00901. The second kappa shape index (κ2) is 14.6. The SMILES string of the molecule is CCOc1cc(C(CS(C)(=O)=O)N2C(=O)c3cccc(NC(C)=O)c3C2=O)ccc1OC1OC(C(=O)O)C(O)C(OC(C)=O)C1OC(C)=O. The normalized spacial score (nSPS) is 22.5. The number of nitrogens with zero attached hydrogens (tertiary/aromatic N) is 1. The van der Waals surface area contributed by atoms with Crippen LogP contribution < -0.4 is 14.8 Å². The lowest BCUT2D eigenvalue weighted by Crippen LogP contribution is -2.63. The third kappa shape index (κ3) is 8.15. The highest BCUT2D eigenvalue weighted by molar-refractivity contribution is 7.90. The predicted octanol–water partition coefficient (Wildman–Crippen LogP) is 0.838. The summed E-state index contributed by atoms with van der Waals surface area (Å²) in [6.45, 7) is 4.83. The van der Waals surface area contributed by atoms with E-state index in [2.05, 4.69) is 5.32 Å². The van der Waals surface area contributed by atoms with Crippen LogP contribution in [-0.2, 0) is 43.2 Å². The molecule has 1 fully saturated rings. The van der Waals surface area contributed by atoms with Gasteiger partial charge >= 0.3 is 17.9 Å². The van der Waals surface area contributed by atoms with Crippen molar-refractivity contribution in [3.05, 3.63) is 53.1 Å². The Morgan fingerprint density at radius 2 is 1.63 bits per heavy atom. The fraction of sp³-hybridized carbons (Fsp3) is 0.419. The maximum Gasteiger partial charge on any atom is 0.335 e. The Morgan fingerprint density at radius 1 is 0.980 bits per heavy atom. The van der Waals surface area contributed by atoms with E-state index in [9.17, 15) is 47.4 Å². The summed E-state index contributed by atoms with van der Waals surface area (Å²) in [6.07, 6.45) is -8.24. The Kier molecular flexibility index (Phi) is 10.9. The fourth-order valence-electron chi connectivity index (χ4n) is 5.48. The summed E-state index contributed by atoms with van der Waals surface area (Å²) in [5, 5.41) is 22.8. The summed E-state index contributed by atoms with van der Waals surface area (Å²) in [4.78, 5) is 75.6. The molecule has 3 amide bonds. The van der Waals surface area contributed by atoms with Crippen molar-refractivity contribution >= 4 is 51.2 Å². The molecular formula is C31H34N2O15S. The van der Waals surface area contributed by atoms with E-state index in [4.69, 9.17) is 23.7 Å². The Hall–Kier alpha value is -5.07. The number of carbonyl (C=O) groups excluding carboxylic acids is 5. The molecule has 17 nitrogen and oxygen atoms in total. The van der Waals surface area contributed by atoms with Gasteiger partial charge in [0.15, 0.2) is 23.7 Å². The lowest BCUT2D eigenvalue weighted by molar-refractivity contribution is -0.279. The number of sulfone groups is 1. The zero-order valence-corrected chi connectivity index (χ0v) is 27.7. The van der Waals surface area contributed by atoms with E-state index in [-0.39, 0.29) is 40.5 Å². The first-order valence-electron chi connectivity index (χ1n) is 14.7. The number of nitrogens with one attached hydrogen (secondary N) is 1. The number of aliphatic carboxylic acids is 1. The number of carboxylic acids is 1. The molecule has 0 aromatic heterocycles. The number of anilines is 1. The number of amides is 3. The molecule has 2 aromatic carbocycles. The number of fused-ring (bicyclic) bond motifs is 1. The number of hydrogen-bond donors (Lipinski definition) is 3. The molecule has 2 heterocycles. The predicted molar refractivity (Wildman–Crippen MR) is 165 cm³/mol. The monoisotopic (exact) mass is 706 g/mol. The first-order valence-corrected chi connectivity index (χ1v) is 16.8. The minimum atomic E-state index is -3.86. The molecule has 49 heavy (non-hydrogen) atoms. The van der Waals surface area contributed by atoms with Crippen LogP contribution in [0.1, 0.15) is 60.0 Å². The highest BCUT2D eigenvalue weighted by Crippen LogP contribution is 2.40. The first-order chi connectivity index (χ1) is 22.9. The molecule has 0 spiro atoms. The van der Waals surface area contributed by atoms with Gasteiger partial charge in [-0.1, -0.05) is 12.1 Å². The molecule has 6 unspecified atom stereocenters. The van der Waals surface area contributed by atoms with Gasteiger partial charge < -0.3 is 39.2 Å². The van der Waals surface area contributed by atoms with Crippen LogP contribution in [0.2, 0.25) is 0 Å². The third-order valence-corrected chi connectivity index (χ3v) is 8.21. The van der Waals surface area contributed by atoms with Crippen molar-refractivity contribution in [2.45, 2.75) is 64.4 Å². The van der Waals surface area contributed by atoms with Crippen LogP contribution in [0.25, 0.3) is 0 Å². The lowest BCUT2D eigenvalue weighted by Gasteiger charge is -2.41. The molecule has 0 aliphatic carbocycles. The van der Waals surface area contributed by atoms with E-state index in [0.29, 0.717) is 0 Å². The van der Waals surface area contributed by atoms with Crippen molar-refractivity contribution in [2.24, 2.45) is 0 Å². The summed E-state index contributed by atoms with van der Waals surface area (Å²) in [5.41, 5.74) is 0.00162. The summed E-state index contributed by atoms with van der Waals surface area (Å²) in [6, 6.07) is 6.73. The van der Waals surface area contributed by atoms with Gasteiger partial charge in [0.05, 0.1) is 35.2 Å². The van der Waals surface area contributed by atoms with Crippen LogP contribution >= 0.6 is 0 Å². The van der Waals surface area contributed by atoms with Gasteiger partial charge in [-0.15, -0.1) is 0 Å². The summed E-state index contributed by atoms with van der Waals surface area (Å²) in [7, 11) is -3.86. The first kappa shape index (κ1) is 36.8. The molecule has 6 atom stereocenters. The van der Waals surface area contributed by atoms with Crippen LogP contribution in [0.3, 0.4) is 0 Å². The molecule has 0 bridgehead atoms. The lowest BCUT2D eigenvalue weighted by atomic mass is 9.98. The Bertz CT molecular complexity index is 1790. The number of carboxylic acid groups (broad SMARTS) is 1. The second-order valence-electron chi connectivity index (χ2n) is 11.2. The summed E-state index contributed by atoms with van der Waals surface area (Å²) in [5.74, 6) is -6.62. The number of aliphatic hydroxyl groups is 1. The maximum absolute atomic E-state index is 13.7. The quantitative estimate of drug-likeness (QED) is 0.205. The molecule has 2 aliphatic heterocycles. The molecule has 2 aromatic rings. The van der Waals surface area contributed by atoms with Crippen LogP contribution in [-0.4, -0.2) is 108 Å². The van der Waals surface area contributed by atoms with Crippen LogP contribution in [0, 0.1) is 0 Å². The standard InChI is InChI=1S/C31H34N2O15S/c1-6-44-22-12-17(20(13-49(5,42)43)33-28(38)18-8-7-9-19(32-14(2)34)23(18)29(33)39)10-11-21(22)47-31-27(46-16(4)36)25(45-15(3)35)24(37)26(48-31)30(40)41/h7-12,20,24-27,31,37H,6,13H2,1-5H3,(H,32,34)(H,40,41). The molecule has 4 rings (SSSR count). The van der Waals surface area contributed by atoms with Crippen LogP contribution in [0.4, 0.5) is 5.69 Å². The number of benzene rings is 2. The largest absolute Gasteiger partial charge is 0.490 e. The van der Waals surface area contributed by atoms with Crippen molar-refractivity contribution < 1.29 is 71.1 Å². The number of esters is 2. The average molecular weight is 707 g/mol. The number of hydrogen-bond acceptors (Lipinski definition) is 14. The van der Waals surface area contributed by atoms with Crippen molar-refractivity contribution in [1.29, 1.82) is 0 Å². The molecule has 1 saturated heterocycles. The van der Waals surface area contributed by atoms with Crippen LogP contribution in [0.5, 0.6) is 11.5 Å². The number of carbonyl (C=O) groups is 6. The molecule has 18 heteroatoms. The molecule has 2 aliphatic rings. The molecule has 0 saturated carbocycles. The fourth-order valence-corrected chi connectivity index (χ4v) is 6.39. The van der Waals surface area contributed by atoms with Gasteiger partial charge in [-0.25, -0.2) is 13.2 Å². The Balaban J connectivity index is 1.78. The van der Waals surface area contributed by atoms with Crippen LogP contribution in [0.15, 0.2) is 36.4 Å². The van der Waals surface area contributed by atoms with Gasteiger partial charge in [0.2, 0.25) is 18.3 Å². The van der Waals surface area contributed by atoms with Crippen molar-refractivity contribution in [3.8, 4) is 11.5 Å². The zero-order valence-electron chi connectivity index (χ0n) is 26.9. The number of ether oxygens (including phenoxy) is 5. The van der Waals surface area contributed by atoms with E-state index in [1.807, 2.05) is 0 Å². The number of rotatable bonds is 12. The van der Waals surface area contributed by atoms with E-state index in [0.717, 1.165) is 25.0 Å². The van der Waals surface area contributed by atoms with E-state index < -0.39 is 88.0 Å². The minimum Gasteiger partial charge on any atom is -0.490 e. The third-order valence-electron chi connectivity index (χ3n) is 7.29. The van der Waals surface area contributed by atoms with E-state index in [1.54, 1.807) is 6.92 Å². The van der Waals surface area contributed by atoms with E-state index in [1.165, 1.54) is 43.3 Å².